The maximum Gasteiger partial charge on any atom is 0.227 e. The fourth-order valence-electron chi connectivity index (χ4n) is 1.85. The van der Waals surface area contributed by atoms with Crippen LogP contribution in [0.2, 0.25) is 0 Å². The Bertz CT molecular complexity index is 363. The van der Waals surface area contributed by atoms with Crippen LogP contribution in [0.1, 0.15) is 31.2 Å². The van der Waals surface area contributed by atoms with Crippen molar-refractivity contribution in [2.24, 2.45) is 0 Å². The van der Waals surface area contributed by atoms with E-state index in [0.29, 0.717) is 0 Å². The maximum atomic E-state index is 12.0. The molecule has 0 radical (unpaired) electrons. The number of nitrogens with zero attached hydrogens (tertiary/aromatic N) is 2. The van der Waals surface area contributed by atoms with Gasteiger partial charge in [-0.2, -0.15) is 0 Å². The molecule has 1 aliphatic rings. The van der Waals surface area contributed by atoms with Crippen molar-refractivity contribution in [2.45, 2.75) is 31.7 Å². The molecule has 1 aromatic heterocycles. The molecule has 1 saturated heterocycles. The first-order chi connectivity index (χ1) is 8.27. The van der Waals surface area contributed by atoms with E-state index in [1.54, 1.807) is 12.4 Å². The van der Waals surface area contributed by atoms with Crippen LogP contribution in [0.5, 0.6) is 0 Å². The highest BCUT2D eigenvalue weighted by Crippen LogP contribution is 2.14. The quantitative estimate of drug-likeness (QED) is 0.844. The van der Waals surface area contributed by atoms with E-state index in [1.807, 2.05) is 6.92 Å². The van der Waals surface area contributed by atoms with Crippen LogP contribution >= 0.6 is 0 Å². The van der Waals surface area contributed by atoms with Crippen molar-refractivity contribution >= 4 is 5.91 Å². The molecule has 0 aromatic carbocycles. The minimum Gasteiger partial charge on any atom is -0.381 e. The second kappa shape index (κ2) is 5.72. The van der Waals surface area contributed by atoms with Crippen molar-refractivity contribution in [1.29, 1.82) is 0 Å². The van der Waals surface area contributed by atoms with Gasteiger partial charge < -0.3 is 10.1 Å². The van der Waals surface area contributed by atoms with E-state index in [1.165, 1.54) is 6.33 Å². The van der Waals surface area contributed by atoms with Crippen LogP contribution in [0.25, 0.3) is 0 Å². The van der Waals surface area contributed by atoms with E-state index in [-0.39, 0.29) is 17.9 Å². The predicted octanol–water partition coefficient (Wildman–Crippen LogP) is 0.875. The molecule has 1 aromatic rings. The standard InChI is InChI=1S/C12H17N3O2/c1-9(10-6-13-8-14-7-10)12(16)15-11-2-4-17-5-3-11/h6-9,11H,2-5H2,1H3,(H,15,16)/t9-/m1/s1. The lowest BCUT2D eigenvalue weighted by atomic mass is 10.0. The minimum absolute atomic E-state index is 0.0340. The smallest absolute Gasteiger partial charge is 0.227 e. The first kappa shape index (κ1) is 12.0. The van der Waals surface area contributed by atoms with Crippen LogP contribution in [0.3, 0.4) is 0 Å². The fourth-order valence-corrected chi connectivity index (χ4v) is 1.85. The lowest BCUT2D eigenvalue weighted by Crippen LogP contribution is -2.40. The van der Waals surface area contributed by atoms with E-state index >= 15 is 0 Å². The molecule has 1 aliphatic heterocycles. The van der Waals surface area contributed by atoms with Gasteiger partial charge in [0.05, 0.1) is 5.92 Å². The Labute approximate surface area is 101 Å². The van der Waals surface area contributed by atoms with E-state index in [4.69, 9.17) is 4.74 Å². The molecule has 0 saturated carbocycles. The topological polar surface area (TPSA) is 64.1 Å². The van der Waals surface area contributed by atoms with Crippen molar-refractivity contribution in [1.82, 2.24) is 15.3 Å². The lowest BCUT2D eigenvalue weighted by molar-refractivity contribution is -0.123. The number of rotatable bonds is 3. The van der Waals surface area contributed by atoms with Gasteiger partial charge in [-0.15, -0.1) is 0 Å². The van der Waals surface area contributed by atoms with E-state index in [0.717, 1.165) is 31.6 Å². The summed E-state index contributed by atoms with van der Waals surface area (Å²) in [4.78, 5) is 19.9. The summed E-state index contributed by atoms with van der Waals surface area (Å²) in [7, 11) is 0. The highest BCUT2D eigenvalue weighted by atomic mass is 16.5. The van der Waals surface area contributed by atoms with Crippen molar-refractivity contribution in [3.8, 4) is 0 Å². The van der Waals surface area contributed by atoms with Crippen molar-refractivity contribution in [2.75, 3.05) is 13.2 Å². The Morgan fingerprint density at radius 2 is 2.06 bits per heavy atom. The van der Waals surface area contributed by atoms with Gasteiger partial charge in [0.1, 0.15) is 6.33 Å². The lowest BCUT2D eigenvalue weighted by Gasteiger charge is -2.24. The van der Waals surface area contributed by atoms with Crippen LogP contribution in [0.15, 0.2) is 18.7 Å². The molecule has 0 bridgehead atoms. The zero-order valence-corrected chi connectivity index (χ0v) is 9.93. The van der Waals surface area contributed by atoms with Crippen molar-refractivity contribution in [3.05, 3.63) is 24.3 Å². The molecule has 0 spiro atoms. The molecule has 2 rings (SSSR count). The number of carbonyl (C=O) groups is 1. The summed E-state index contributed by atoms with van der Waals surface area (Å²) in [6.07, 6.45) is 6.61. The molecule has 1 amide bonds. The number of nitrogens with one attached hydrogen (secondary N) is 1. The van der Waals surface area contributed by atoms with E-state index in [2.05, 4.69) is 15.3 Å². The second-order valence-corrected chi connectivity index (χ2v) is 4.29. The van der Waals surface area contributed by atoms with Gasteiger partial charge >= 0.3 is 0 Å². The SMILES string of the molecule is C[C@@H](C(=O)NC1CCOCC1)c1cncnc1. The molecule has 5 nitrogen and oxygen atoms in total. The fraction of sp³-hybridized carbons (Fsp3) is 0.583. The molecule has 1 atom stereocenters. The Kier molecular flexibility index (Phi) is 4.03. The Morgan fingerprint density at radius 3 is 2.71 bits per heavy atom. The Morgan fingerprint density at radius 1 is 1.41 bits per heavy atom. The maximum absolute atomic E-state index is 12.0. The third-order valence-electron chi connectivity index (χ3n) is 3.04. The average Bonchev–Trinajstić information content (AvgIpc) is 2.40. The monoisotopic (exact) mass is 235 g/mol. The molecule has 92 valence electrons. The van der Waals surface area contributed by atoms with Crippen molar-refractivity contribution in [3.63, 3.8) is 0 Å². The van der Waals surface area contributed by atoms with E-state index < -0.39 is 0 Å². The number of aromatic nitrogens is 2. The average molecular weight is 235 g/mol. The summed E-state index contributed by atoms with van der Waals surface area (Å²) in [5.74, 6) is -0.175. The number of ether oxygens (including phenoxy) is 1. The molecule has 0 aliphatic carbocycles. The van der Waals surface area contributed by atoms with Crippen LogP contribution in [-0.4, -0.2) is 35.1 Å². The van der Waals surface area contributed by atoms with Gasteiger partial charge in [-0.1, -0.05) is 0 Å². The zero-order valence-electron chi connectivity index (χ0n) is 9.93. The molecule has 5 heteroatoms. The molecule has 1 fully saturated rings. The zero-order chi connectivity index (χ0) is 12.1. The number of amides is 1. The van der Waals surface area contributed by atoms with Gasteiger partial charge in [-0.25, -0.2) is 9.97 Å². The number of carbonyl (C=O) groups excluding carboxylic acids is 1. The first-order valence-corrected chi connectivity index (χ1v) is 5.90. The van der Waals surface area contributed by atoms with Crippen LogP contribution < -0.4 is 5.32 Å². The molecular formula is C12H17N3O2. The summed E-state index contributed by atoms with van der Waals surface area (Å²) >= 11 is 0. The second-order valence-electron chi connectivity index (χ2n) is 4.29. The highest BCUT2D eigenvalue weighted by molar-refractivity contribution is 5.83. The minimum atomic E-state index is -0.209. The van der Waals surface area contributed by atoms with E-state index in [9.17, 15) is 4.79 Å². The summed E-state index contributed by atoms with van der Waals surface area (Å²) < 4.78 is 5.26. The number of hydrogen-bond donors (Lipinski definition) is 1. The van der Waals surface area contributed by atoms with Gasteiger partial charge in [-0.3, -0.25) is 4.79 Å². The first-order valence-electron chi connectivity index (χ1n) is 5.90. The predicted molar refractivity (Wildman–Crippen MR) is 62.4 cm³/mol. The van der Waals surface area contributed by atoms with Crippen LogP contribution in [0.4, 0.5) is 0 Å². The Hall–Kier alpha value is -1.49. The summed E-state index contributed by atoms with van der Waals surface area (Å²) in [6.45, 7) is 3.33. The third-order valence-corrected chi connectivity index (χ3v) is 3.04. The summed E-state index contributed by atoms with van der Waals surface area (Å²) in [5, 5.41) is 3.04. The normalized spacial score (nSPS) is 18.6. The van der Waals surface area contributed by atoms with Gasteiger partial charge in [0.25, 0.3) is 0 Å². The highest BCUT2D eigenvalue weighted by Gasteiger charge is 2.21. The van der Waals surface area contributed by atoms with Crippen LogP contribution in [-0.2, 0) is 9.53 Å². The molecule has 17 heavy (non-hydrogen) atoms. The van der Waals surface area contributed by atoms with Crippen molar-refractivity contribution < 1.29 is 9.53 Å². The largest absolute Gasteiger partial charge is 0.381 e. The van der Waals surface area contributed by atoms with Gasteiger partial charge in [-0.05, 0) is 19.8 Å². The summed E-state index contributed by atoms with van der Waals surface area (Å²) in [6, 6.07) is 0.239. The molecule has 1 N–H and O–H groups in total. The Balaban J connectivity index is 1.91. The number of hydrogen-bond acceptors (Lipinski definition) is 4. The van der Waals surface area contributed by atoms with Gasteiger partial charge in [0.2, 0.25) is 5.91 Å². The summed E-state index contributed by atoms with van der Waals surface area (Å²) in [5.41, 5.74) is 0.844. The molecule has 2 heterocycles. The van der Waals surface area contributed by atoms with Gasteiger partial charge in [0, 0.05) is 37.2 Å². The molecule has 0 unspecified atom stereocenters. The van der Waals surface area contributed by atoms with Crippen LogP contribution in [0, 0.1) is 0 Å². The molecular weight excluding hydrogens is 218 g/mol. The third kappa shape index (κ3) is 3.23. The van der Waals surface area contributed by atoms with Gasteiger partial charge in [0.15, 0.2) is 0 Å².